The standard InChI is InChI=1S/C26H27N3O3S/c1-5-13-28-24(30)22(16-27)26-29(20-9-11-21(12-10-20)32-6-2)25(31)23(33-26)15-19-8-7-17(3)18(4)14-19/h5,7-12,14,23H,1,6,13,15H2,2-4H3,(H,28,30)/b26-22-. The minimum Gasteiger partial charge on any atom is -0.494 e. The Labute approximate surface area is 198 Å². The first-order valence-electron chi connectivity index (χ1n) is 10.7. The van der Waals surface area contributed by atoms with Crippen LogP contribution in [0, 0.1) is 25.2 Å². The Bertz CT molecular complexity index is 1130. The van der Waals surface area contributed by atoms with E-state index in [1.165, 1.54) is 28.3 Å². The van der Waals surface area contributed by atoms with Gasteiger partial charge in [0.1, 0.15) is 22.4 Å². The van der Waals surface area contributed by atoms with Gasteiger partial charge in [0.15, 0.2) is 0 Å². The third-order valence-corrected chi connectivity index (χ3v) is 6.57. The monoisotopic (exact) mass is 461 g/mol. The molecule has 1 atom stereocenters. The first-order chi connectivity index (χ1) is 15.9. The molecule has 0 bridgehead atoms. The number of thioether (sulfide) groups is 1. The van der Waals surface area contributed by atoms with Gasteiger partial charge in [0.05, 0.1) is 11.9 Å². The van der Waals surface area contributed by atoms with Crippen LogP contribution >= 0.6 is 11.8 Å². The van der Waals surface area contributed by atoms with Crippen LogP contribution in [0.15, 0.2) is 65.7 Å². The van der Waals surface area contributed by atoms with Crippen molar-refractivity contribution in [3.05, 3.63) is 82.4 Å². The Morgan fingerprint density at radius 1 is 1.24 bits per heavy atom. The summed E-state index contributed by atoms with van der Waals surface area (Å²) in [6, 6.07) is 15.2. The third-order valence-electron chi connectivity index (χ3n) is 5.31. The number of carbonyl (C=O) groups is 2. The van der Waals surface area contributed by atoms with E-state index < -0.39 is 11.2 Å². The summed E-state index contributed by atoms with van der Waals surface area (Å²) in [5.74, 6) is -0.0147. The molecule has 170 valence electrons. The topological polar surface area (TPSA) is 82.4 Å². The first kappa shape index (κ1) is 24.1. The summed E-state index contributed by atoms with van der Waals surface area (Å²) < 4.78 is 5.50. The van der Waals surface area contributed by atoms with Crippen molar-refractivity contribution in [1.82, 2.24) is 5.32 Å². The molecule has 3 rings (SSSR count). The molecule has 0 aromatic heterocycles. The van der Waals surface area contributed by atoms with Crippen LogP contribution in [0.2, 0.25) is 0 Å². The summed E-state index contributed by atoms with van der Waals surface area (Å²) in [5.41, 5.74) is 3.87. The molecule has 0 spiro atoms. The molecule has 7 heteroatoms. The lowest BCUT2D eigenvalue weighted by Gasteiger charge is -2.19. The zero-order chi connectivity index (χ0) is 24.0. The number of nitrogens with zero attached hydrogens (tertiary/aromatic N) is 2. The molecule has 6 nitrogen and oxygen atoms in total. The summed E-state index contributed by atoms with van der Waals surface area (Å²) >= 11 is 1.25. The van der Waals surface area contributed by atoms with Crippen LogP contribution in [-0.2, 0) is 16.0 Å². The largest absolute Gasteiger partial charge is 0.494 e. The quantitative estimate of drug-likeness (QED) is 0.357. The van der Waals surface area contributed by atoms with E-state index in [9.17, 15) is 14.9 Å². The number of amides is 2. The average molecular weight is 462 g/mol. The maximum atomic E-state index is 13.5. The van der Waals surface area contributed by atoms with Crippen LogP contribution < -0.4 is 15.0 Å². The number of anilines is 1. The summed E-state index contributed by atoms with van der Waals surface area (Å²) in [6.07, 6.45) is 2.03. The predicted molar refractivity (Wildman–Crippen MR) is 132 cm³/mol. The molecule has 0 radical (unpaired) electrons. The van der Waals surface area contributed by atoms with Gasteiger partial charge >= 0.3 is 0 Å². The molecule has 1 fully saturated rings. The Hall–Kier alpha value is -3.50. The van der Waals surface area contributed by atoms with Crippen LogP contribution in [0.3, 0.4) is 0 Å². The number of benzene rings is 2. The van der Waals surface area contributed by atoms with Gasteiger partial charge in [-0.2, -0.15) is 5.26 Å². The van der Waals surface area contributed by atoms with Gasteiger partial charge in [-0.25, -0.2) is 0 Å². The van der Waals surface area contributed by atoms with Crippen molar-refractivity contribution in [2.75, 3.05) is 18.1 Å². The van der Waals surface area contributed by atoms with Crippen molar-refractivity contribution in [3.8, 4) is 11.8 Å². The van der Waals surface area contributed by atoms with Crippen LogP contribution in [0.5, 0.6) is 5.75 Å². The number of carbonyl (C=O) groups excluding carboxylic acids is 2. The fourth-order valence-corrected chi connectivity index (χ4v) is 4.79. The lowest BCUT2D eigenvalue weighted by atomic mass is 10.0. The maximum absolute atomic E-state index is 13.5. The second-order valence-electron chi connectivity index (χ2n) is 7.62. The average Bonchev–Trinajstić information content (AvgIpc) is 3.11. The van der Waals surface area contributed by atoms with Crippen molar-refractivity contribution >= 4 is 29.3 Å². The molecule has 0 saturated carbocycles. The van der Waals surface area contributed by atoms with Crippen molar-refractivity contribution < 1.29 is 14.3 Å². The summed E-state index contributed by atoms with van der Waals surface area (Å²) in [6.45, 7) is 10.3. The van der Waals surface area contributed by atoms with Gasteiger partial charge in [-0.05, 0) is 68.1 Å². The highest BCUT2D eigenvalue weighted by Crippen LogP contribution is 2.42. The van der Waals surface area contributed by atoms with Gasteiger partial charge in [-0.3, -0.25) is 14.5 Å². The second kappa shape index (κ2) is 10.9. The molecule has 2 aromatic carbocycles. The molecular formula is C26H27N3O3S. The van der Waals surface area contributed by atoms with E-state index in [0.29, 0.717) is 29.5 Å². The minimum atomic E-state index is -0.532. The molecule has 33 heavy (non-hydrogen) atoms. The van der Waals surface area contributed by atoms with Crippen molar-refractivity contribution in [1.29, 1.82) is 5.26 Å². The van der Waals surface area contributed by atoms with Gasteiger partial charge in [0.25, 0.3) is 5.91 Å². The highest BCUT2D eigenvalue weighted by atomic mass is 32.2. The number of rotatable bonds is 8. The smallest absolute Gasteiger partial charge is 0.264 e. The van der Waals surface area contributed by atoms with E-state index in [1.54, 1.807) is 24.3 Å². The Kier molecular flexibility index (Phi) is 7.96. The summed E-state index contributed by atoms with van der Waals surface area (Å²) in [4.78, 5) is 27.7. The molecular weight excluding hydrogens is 434 g/mol. The normalized spacial score (nSPS) is 16.8. The minimum absolute atomic E-state index is 0.0910. The van der Waals surface area contributed by atoms with E-state index in [2.05, 4.69) is 18.0 Å². The van der Waals surface area contributed by atoms with Crippen molar-refractivity contribution in [2.24, 2.45) is 0 Å². The van der Waals surface area contributed by atoms with E-state index >= 15 is 0 Å². The molecule has 2 amide bonds. The number of hydrogen-bond donors (Lipinski definition) is 1. The Morgan fingerprint density at radius 2 is 1.97 bits per heavy atom. The maximum Gasteiger partial charge on any atom is 0.264 e. The van der Waals surface area contributed by atoms with Gasteiger partial charge in [0, 0.05) is 12.2 Å². The second-order valence-corrected chi connectivity index (χ2v) is 8.81. The van der Waals surface area contributed by atoms with E-state index in [4.69, 9.17) is 4.74 Å². The lowest BCUT2D eigenvalue weighted by molar-refractivity contribution is -0.117. The van der Waals surface area contributed by atoms with Crippen LogP contribution in [0.4, 0.5) is 5.69 Å². The molecule has 0 aliphatic carbocycles. The van der Waals surface area contributed by atoms with Gasteiger partial charge < -0.3 is 10.1 Å². The van der Waals surface area contributed by atoms with Crippen LogP contribution in [-0.4, -0.2) is 30.2 Å². The molecule has 1 saturated heterocycles. The molecule has 1 aliphatic rings. The molecule has 2 aromatic rings. The molecule has 1 heterocycles. The summed E-state index contributed by atoms with van der Waals surface area (Å²) in [7, 11) is 0. The highest BCUT2D eigenvalue weighted by molar-refractivity contribution is 8.05. The van der Waals surface area contributed by atoms with E-state index in [1.807, 2.05) is 39.0 Å². The predicted octanol–water partition coefficient (Wildman–Crippen LogP) is 4.43. The number of nitriles is 1. The molecule has 1 N–H and O–H groups in total. The number of nitrogens with one attached hydrogen (secondary N) is 1. The Balaban J connectivity index is 2.01. The van der Waals surface area contributed by atoms with Crippen molar-refractivity contribution in [2.45, 2.75) is 32.4 Å². The fraction of sp³-hybridized carbons (Fsp3) is 0.269. The number of hydrogen-bond acceptors (Lipinski definition) is 5. The van der Waals surface area contributed by atoms with E-state index in [-0.39, 0.29) is 18.0 Å². The first-order valence-corrected chi connectivity index (χ1v) is 11.6. The third kappa shape index (κ3) is 5.47. The fourth-order valence-electron chi connectivity index (χ4n) is 3.48. The number of ether oxygens (including phenoxy) is 1. The lowest BCUT2D eigenvalue weighted by Crippen LogP contribution is -2.32. The van der Waals surface area contributed by atoms with E-state index in [0.717, 1.165) is 11.1 Å². The SMILES string of the molecule is C=CCNC(=O)/C(C#N)=C1\SC(Cc2ccc(C)c(C)c2)C(=O)N1c1ccc(OCC)cc1. The number of aryl methyl sites for hydroxylation is 2. The Morgan fingerprint density at radius 3 is 2.58 bits per heavy atom. The van der Waals surface area contributed by atoms with Crippen LogP contribution in [0.25, 0.3) is 0 Å². The zero-order valence-electron chi connectivity index (χ0n) is 19.1. The van der Waals surface area contributed by atoms with Gasteiger partial charge in [-0.1, -0.05) is 36.0 Å². The van der Waals surface area contributed by atoms with Crippen LogP contribution in [0.1, 0.15) is 23.6 Å². The zero-order valence-corrected chi connectivity index (χ0v) is 19.9. The van der Waals surface area contributed by atoms with Crippen molar-refractivity contribution in [3.63, 3.8) is 0 Å². The molecule has 1 unspecified atom stereocenters. The molecule has 1 aliphatic heterocycles. The summed E-state index contributed by atoms with van der Waals surface area (Å²) in [5, 5.41) is 12.3. The highest BCUT2D eigenvalue weighted by Gasteiger charge is 2.40. The van der Waals surface area contributed by atoms with Gasteiger partial charge in [-0.15, -0.1) is 6.58 Å². The van der Waals surface area contributed by atoms with Gasteiger partial charge in [0.2, 0.25) is 5.91 Å².